The van der Waals surface area contributed by atoms with Gasteiger partial charge in [0, 0.05) is 6.07 Å². The van der Waals surface area contributed by atoms with Crippen LogP contribution in [0.5, 0.6) is 17.2 Å². The van der Waals surface area contributed by atoms with Gasteiger partial charge in [-0.15, -0.1) is 0 Å². The van der Waals surface area contributed by atoms with Gasteiger partial charge >= 0.3 is 0 Å². The first kappa shape index (κ1) is 11.1. The fourth-order valence-corrected chi connectivity index (χ4v) is 1.70. The Morgan fingerprint density at radius 2 is 2.06 bits per heavy atom. The second kappa shape index (κ2) is 3.90. The fourth-order valence-electron chi connectivity index (χ4n) is 1.70. The van der Waals surface area contributed by atoms with Crippen molar-refractivity contribution in [2.24, 2.45) is 5.73 Å². The largest absolute Gasteiger partial charge is 0.496 e. The van der Waals surface area contributed by atoms with Gasteiger partial charge < -0.3 is 19.9 Å². The Labute approximate surface area is 96.1 Å². The molecule has 16 heavy (non-hydrogen) atoms. The number of rotatable bonds is 3. The highest BCUT2D eigenvalue weighted by molar-refractivity contribution is 6.15. The zero-order valence-electron chi connectivity index (χ0n) is 9.45. The van der Waals surface area contributed by atoms with E-state index in [4.69, 9.17) is 27.8 Å². The van der Waals surface area contributed by atoms with Gasteiger partial charge in [0.15, 0.2) is 11.5 Å². The van der Waals surface area contributed by atoms with E-state index in [1.54, 1.807) is 20.1 Å². The van der Waals surface area contributed by atoms with E-state index >= 15 is 0 Å². The molecule has 1 unspecified atom stereocenters. The summed E-state index contributed by atoms with van der Waals surface area (Å²) in [6.07, 6.45) is 0.507. The van der Waals surface area contributed by atoms with E-state index in [9.17, 15) is 0 Å². The van der Waals surface area contributed by atoms with Crippen molar-refractivity contribution in [1.82, 2.24) is 0 Å². The summed E-state index contributed by atoms with van der Waals surface area (Å²) in [5.41, 5.74) is 5.93. The van der Waals surface area contributed by atoms with Gasteiger partial charge in [0.25, 0.3) is 0 Å². The van der Waals surface area contributed by atoms with Crippen LogP contribution >= 0.6 is 0 Å². The van der Waals surface area contributed by atoms with Crippen molar-refractivity contribution in [2.75, 3.05) is 13.9 Å². The summed E-state index contributed by atoms with van der Waals surface area (Å²) in [4.78, 5) is 0. The number of fused-ring (bicyclic) bond motifs is 1. The SMILES string of the molecule is [B]C(C)(N)Cc1cc2c(cc1OC)OCO2. The molecule has 84 valence electrons. The van der Waals surface area contributed by atoms with Gasteiger partial charge in [-0.05, 0) is 23.5 Å². The van der Waals surface area contributed by atoms with Crippen molar-refractivity contribution >= 4 is 7.85 Å². The Kier molecular flexibility index (Phi) is 2.72. The van der Waals surface area contributed by atoms with Crippen LogP contribution in [0.25, 0.3) is 0 Å². The lowest BCUT2D eigenvalue weighted by Crippen LogP contribution is -2.38. The molecule has 0 bridgehead atoms. The highest BCUT2D eigenvalue weighted by Gasteiger charge is 2.21. The molecular weight excluding hydrogens is 205 g/mol. The number of nitrogens with two attached hydrogens (primary N) is 1. The van der Waals surface area contributed by atoms with E-state index in [0.29, 0.717) is 23.7 Å². The molecule has 4 nitrogen and oxygen atoms in total. The zero-order valence-corrected chi connectivity index (χ0v) is 9.45. The van der Waals surface area contributed by atoms with Crippen LogP contribution in [0, 0.1) is 0 Å². The van der Waals surface area contributed by atoms with E-state index < -0.39 is 5.44 Å². The molecule has 1 aromatic carbocycles. The molecule has 0 aromatic heterocycles. The molecule has 2 rings (SSSR count). The van der Waals surface area contributed by atoms with Crippen LogP contribution < -0.4 is 19.9 Å². The smallest absolute Gasteiger partial charge is 0.231 e. The van der Waals surface area contributed by atoms with E-state index in [1.807, 2.05) is 6.07 Å². The molecule has 0 amide bonds. The molecule has 0 fully saturated rings. The predicted molar refractivity (Wildman–Crippen MR) is 61.2 cm³/mol. The normalized spacial score (nSPS) is 16.9. The summed E-state index contributed by atoms with van der Waals surface area (Å²) in [6.45, 7) is 2.00. The van der Waals surface area contributed by atoms with Gasteiger partial charge in [-0.1, -0.05) is 6.92 Å². The highest BCUT2D eigenvalue weighted by atomic mass is 16.7. The van der Waals surface area contributed by atoms with Crippen LogP contribution in [-0.2, 0) is 6.42 Å². The average Bonchev–Trinajstić information content (AvgIpc) is 2.60. The van der Waals surface area contributed by atoms with Crippen molar-refractivity contribution in [3.8, 4) is 17.2 Å². The lowest BCUT2D eigenvalue weighted by Gasteiger charge is -2.20. The monoisotopic (exact) mass is 219 g/mol. The average molecular weight is 219 g/mol. The topological polar surface area (TPSA) is 53.7 Å². The van der Waals surface area contributed by atoms with Crippen LogP contribution in [0.3, 0.4) is 0 Å². The number of benzene rings is 1. The molecule has 1 heterocycles. The Morgan fingerprint density at radius 3 is 2.62 bits per heavy atom. The first-order chi connectivity index (χ1) is 7.49. The molecule has 0 spiro atoms. The zero-order chi connectivity index (χ0) is 11.8. The summed E-state index contributed by atoms with van der Waals surface area (Å²) in [6, 6.07) is 3.66. The Hall–Kier alpha value is -1.36. The van der Waals surface area contributed by atoms with Gasteiger partial charge in [0.05, 0.1) is 15.0 Å². The minimum absolute atomic E-state index is 0.241. The van der Waals surface area contributed by atoms with Crippen molar-refractivity contribution < 1.29 is 14.2 Å². The predicted octanol–water partition coefficient (Wildman–Crippen LogP) is 0.810. The fraction of sp³-hybridized carbons (Fsp3) is 0.455. The number of hydrogen-bond acceptors (Lipinski definition) is 4. The quantitative estimate of drug-likeness (QED) is 0.764. The number of hydrogen-bond donors (Lipinski definition) is 1. The summed E-state index contributed by atoms with van der Waals surface area (Å²) in [5.74, 6) is 2.11. The second-order valence-electron chi connectivity index (χ2n) is 4.20. The third-order valence-corrected chi connectivity index (χ3v) is 2.35. The first-order valence-corrected chi connectivity index (χ1v) is 5.04. The van der Waals surface area contributed by atoms with Gasteiger partial charge in [-0.25, -0.2) is 0 Å². The minimum atomic E-state index is -0.777. The molecule has 1 aromatic rings. The number of ether oxygens (including phenoxy) is 3. The van der Waals surface area contributed by atoms with Crippen LogP contribution in [0.1, 0.15) is 12.5 Å². The van der Waals surface area contributed by atoms with Crippen LogP contribution in [0.4, 0.5) is 0 Å². The van der Waals surface area contributed by atoms with Crippen molar-refractivity contribution in [2.45, 2.75) is 18.8 Å². The van der Waals surface area contributed by atoms with Crippen LogP contribution in [-0.4, -0.2) is 27.2 Å². The van der Waals surface area contributed by atoms with Crippen LogP contribution in [0.2, 0.25) is 0 Å². The molecule has 2 radical (unpaired) electrons. The lowest BCUT2D eigenvalue weighted by atomic mass is 9.76. The van der Waals surface area contributed by atoms with Crippen LogP contribution in [0.15, 0.2) is 12.1 Å². The molecule has 1 aliphatic rings. The molecule has 0 saturated heterocycles. The Bertz CT molecular complexity index is 401. The highest BCUT2D eigenvalue weighted by Crippen LogP contribution is 2.38. The van der Waals surface area contributed by atoms with Gasteiger partial charge in [-0.3, -0.25) is 0 Å². The molecule has 0 aliphatic carbocycles. The van der Waals surface area contributed by atoms with E-state index in [1.165, 1.54) is 0 Å². The molecule has 1 atom stereocenters. The standard InChI is InChI=1S/C11H14BNO3/c1-11(12,13)5-7-3-9-10(16-6-15-9)4-8(7)14-2/h3-4H,5-6,13H2,1-2H3. The summed E-state index contributed by atoms with van der Waals surface area (Å²) in [7, 11) is 7.39. The van der Waals surface area contributed by atoms with Crippen molar-refractivity contribution in [3.63, 3.8) is 0 Å². The molecule has 5 heteroatoms. The minimum Gasteiger partial charge on any atom is -0.496 e. The van der Waals surface area contributed by atoms with Crippen molar-refractivity contribution in [1.29, 1.82) is 0 Å². The number of methoxy groups -OCH3 is 1. The maximum atomic E-state index is 5.79. The van der Waals surface area contributed by atoms with E-state index in [2.05, 4.69) is 0 Å². The van der Waals surface area contributed by atoms with Gasteiger partial charge in [0.1, 0.15) is 5.75 Å². The first-order valence-electron chi connectivity index (χ1n) is 5.04. The molecule has 1 aliphatic heterocycles. The van der Waals surface area contributed by atoms with E-state index in [0.717, 1.165) is 5.56 Å². The Morgan fingerprint density at radius 1 is 1.44 bits per heavy atom. The third kappa shape index (κ3) is 2.24. The summed E-state index contributed by atoms with van der Waals surface area (Å²) < 4.78 is 15.8. The third-order valence-electron chi connectivity index (χ3n) is 2.35. The maximum Gasteiger partial charge on any atom is 0.231 e. The molecule has 2 N–H and O–H groups in total. The summed E-state index contributed by atoms with van der Waals surface area (Å²) in [5, 5.41) is 0. The van der Waals surface area contributed by atoms with Gasteiger partial charge in [-0.2, -0.15) is 0 Å². The van der Waals surface area contributed by atoms with E-state index in [-0.39, 0.29) is 6.79 Å². The second-order valence-corrected chi connectivity index (χ2v) is 4.20. The Balaban J connectivity index is 2.36. The molecular formula is C11H14BNO3. The lowest BCUT2D eigenvalue weighted by molar-refractivity contribution is 0.174. The maximum absolute atomic E-state index is 5.79. The molecule has 0 saturated carbocycles. The van der Waals surface area contributed by atoms with Gasteiger partial charge in [0.2, 0.25) is 6.79 Å². The summed E-state index contributed by atoms with van der Waals surface area (Å²) >= 11 is 0. The van der Waals surface area contributed by atoms with Crippen molar-refractivity contribution in [3.05, 3.63) is 17.7 Å².